The molecule has 0 aliphatic carbocycles. The third-order valence-corrected chi connectivity index (χ3v) is 3.00. The zero-order chi connectivity index (χ0) is 9.54. The third kappa shape index (κ3) is 1.15. The van der Waals surface area contributed by atoms with Gasteiger partial charge < -0.3 is 10.3 Å². The number of benzene rings is 1. The third-order valence-electron chi connectivity index (χ3n) is 3.00. The topological polar surface area (TPSA) is 27.8 Å². The molecule has 72 valence electrons. The molecule has 1 fully saturated rings. The summed E-state index contributed by atoms with van der Waals surface area (Å²) in [6, 6.07) is 9.36. The first-order valence-electron chi connectivity index (χ1n) is 5.15. The summed E-state index contributed by atoms with van der Waals surface area (Å²) < 4.78 is 0. The first-order valence-corrected chi connectivity index (χ1v) is 5.15. The first kappa shape index (κ1) is 8.06. The van der Waals surface area contributed by atoms with Gasteiger partial charge in [-0.25, -0.2) is 0 Å². The summed E-state index contributed by atoms with van der Waals surface area (Å²) in [7, 11) is 0. The van der Waals surface area contributed by atoms with Gasteiger partial charge in [0.05, 0.1) is 0 Å². The van der Waals surface area contributed by atoms with Crippen LogP contribution in [0.25, 0.3) is 10.9 Å². The summed E-state index contributed by atoms with van der Waals surface area (Å²) in [6.07, 6.45) is 1.26. The van der Waals surface area contributed by atoms with Gasteiger partial charge in [0.2, 0.25) is 0 Å². The Bertz CT molecular complexity index is 466. The Morgan fingerprint density at radius 3 is 2.86 bits per heavy atom. The molecule has 1 aliphatic heterocycles. The largest absolute Gasteiger partial charge is 0.357 e. The van der Waals surface area contributed by atoms with Crippen LogP contribution in [-0.4, -0.2) is 11.5 Å². The van der Waals surface area contributed by atoms with E-state index in [4.69, 9.17) is 0 Å². The van der Waals surface area contributed by atoms with E-state index in [9.17, 15) is 0 Å². The van der Waals surface area contributed by atoms with Gasteiger partial charge >= 0.3 is 0 Å². The molecule has 0 amide bonds. The van der Waals surface area contributed by atoms with E-state index in [0.29, 0.717) is 6.04 Å². The molecule has 2 N–H and O–H groups in total. The summed E-state index contributed by atoms with van der Waals surface area (Å²) in [5.41, 5.74) is 3.90. The molecule has 2 heterocycles. The van der Waals surface area contributed by atoms with Crippen molar-refractivity contribution < 1.29 is 0 Å². The molecule has 1 saturated heterocycles. The number of aryl methyl sites for hydroxylation is 1. The lowest BCUT2D eigenvalue weighted by Gasteiger charge is -2.26. The van der Waals surface area contributed by atoms with E-state index < -0.39 is 0 Å². The number of hydrogen-bond acceptors (Lipinski definition) is 1. The molecule has 0 spiro atoms. The summed E-state index contributed by atoms with van der Waals surface area (Å²) >= 11 is 0. The van der Waals surface area contributed by atoms with E-state index in [1.807, 2.05) is 0 Å². The van der Waals surface area contributed by atoms with Gasteiger partial charge in [-0.2, -0.15) is 0 Å². The fourth-order valence-corrected chi connectivity index (χ4v) is 2.02. The van der Waals surface area contributed by atoms with Crippen molar-refractivity contribution in [2.75, 3.05) is 6.54 Å². The van der Waals surface area contributed by atoms with E-state index in [-0.39, 0.29) is 0 Å². The van der Waals surface area contributed by atoms with E-state index in [1.165, 1.54) is 28.6 Å². The highest BCUT2D eigenvalue weighted by atomic mass is 15.0. The Hall–Kier alpha value is -1.28. The van der Waals surface area contributed by atoms with Gasteiger partial charge in [0, 0.05) is 17.3 Å². The number of fused-ring (bicyclic) bond motifs is 1. The number of aromatic nitrogens is 1. The molecular formula is C12H14N2. The monoisotopic (exact) mass is 186 g/mol. The minimum Gasteiger partial charge on any atom is -0.357 e. The highest BCUT2D eigenvalue weighted by molar-refractivity contribution is 5.81. The number of aromatic amines is 1. The van der Waals surface area contributed by atoms with Crippen LogP contribution in [0.4, 0.5) is 0 Å². The second kappa shape index (κ2) is 2.85. The smallest absolute Gasteiger partial charge is 0.0485 e. The Morgan fingerprint density at radius 2 is 2.14 bits per heavy atom. The highest BCUT2D eigenvalue weighted by Crippen LogP contribution is 2.26. The molecule has 0 radical (unpaired) electrons. The number of nitrogens with one attached hydrogen (secondary N) is 2. The summed E-state index contributed by atoms with van der Waals surface area (Å²) in [5.74, 6) is 0. The summed E-state index contributed by atoms with van der Waals surface area (Å²) in [5, 5.41) is 4.73. The van der Waals surface area contributed by atoms with Gasteiger partial charge in [-0.3, -0.25) is 0 Å². The van der Waals surface area contributed by atoms with Crippen molar-refractivity contribution in [3.63, 3.8) is 0 Å². The molecule has 0 bridgehead atoms. The molecule has 1 aromatic heterocycles. The van der Waals surface area contributed by atoms with Crippen LogP contribution in [0.15, 0.2) is 24.3 Å². The number of hydrogen-bond donors (Lipinski definition) is 2. The molecular weight excluding hydrogens is 172 g/mol. The summed E-state index contributed by atoms with van der Waals surface area (Å²) in [4.78, 5) is 3.46. The molecule has 1 atom stereocenters. The van der Waals surface area contributed by atoms with Crippen LogP contribution in [0.3, 0.4) is 0 Å². The van der Waals surface area contributed by atoms with Gasteiger partial charge in [-0.1, -0.05) is 11.6 Å². The van der Waals surface area contributed by atoms with Crippen LogP contribution in [0.5, 0.6) is 0 Å². The van der Waals surface area contributed by atoms with Crippen molar-refractivity contribution in [1.29, 1.82) is 0 Å². The molecule has 0 unspecified atom stereocenters. The van der Waals surface area contributed by atoms with Gasteiger partial charge in [0.15, 0.2) is 0 Å². The average molecular weight is 186 g/mol. The number of H-pyrrole nitrogens is 1. The summed E-state index contributed by atoms with van der Waals surface area (Å²) in [6.45, 7) is 3.28. The minimum atomic E-state index is 0.558. The second-order valence-corrected chi connectivity index (χ2v) is 4.11. The lowest BCUT2D eigenvalue weighted by Crippen LogP contribution is -2.35. The molecule has 14 heavy (non-hydrogen) atoms. The quantitative estimate of drug-likeness (QED) is 0.703. The van der Waals surface area contributed by atoms with Crippen molar-refractivity contribution >= 4 is 10.9 Å². The van der Waals surface area contributed by atoms with Crippen LogP contribution in [-0.2, 0) is 0 Å². The van der Waals surface area contributed by atoms with Crippen molar-refractivity contribution in [2.24, 2.45) is 0 Å². The predicted octanol–water partition coefficient (Wildman–Crippen LogP) is 2.51. The zero-order valence-corrected chi connectivity index (χ0v) is 8.30. The SMILES string of the molecule is Cc1ccc2[nH]c([C@H]3CCN3)cc2c1. The molecule has 2 heteroatoms. The standard InChI is InChI=1S/C12H14N2/c1-8-2-3-10-9(6-8)7-12(14-10)11-4-5-13-11/h2-3,6-7,11,13-14H,4-5H2,1H3/t11-/m1/s1. The van der Waals surface area contributed by atoms with Crippen LogP contribution < -0.4 is 5.32 Å². The number of rotatable bonds is 1. The Kier molecular flexibility index (Phi) is 1.64. The maximum Gasteiger partial charge on any atom is 0.0485 e. The second-order valence-electron chi connectivity index (χ2n) is 4.11. The van der Waals surface area contributed by atoms with E-state index in [0.717, 1.165) is 6.54 Å². The van der Waals surface area contributed by atoms with Gasteiger partial charge in [-0.15, -0.1) is 0 Å². The molecule has 1 aromatic carbocycles. The molecule has 2 aromatic rings. The molecule has 1 aliphatic rings. The maximum atomic E-state index is 3.46. The van der Waals surface area contributed by atoms with Crippen LogP contribution >= 0.6 is 0 Å². The van der Waals surface area contributed by atoms with Crippen LogP contribution in [0.2, 0.25) is 0 Å². The highest BCUT2D eigenvalue weighted by Gasteiger charge is 2.19. The maximum absolute atomic E-state index is 3.46. The van der Waals surface area contributed by atoms with Gasteiger partial charge in [-0.05, 0) is 43.5 Å². The van der Waals surface area contributed by atoms with Crippen molar-refractivity contribution in [3.8, 4) is 0 Å². The lowest BCUT2D eigenvalue weighted by atomic mass is 10.0. The van der Waals surface area contributed by atoms with E-state index >= 15 is 0 Å². The van der Waals surface area contributed by atoms with E-state index in [1.54, 1.807) is 0 Å². The normalized spacial score (nSPS) is 21.1. The predicted molar refractivity (Wildman–Crippen MR) is 58.4 cm³/mol. The lowest BCUT2D eigenvalue weighted by molar-refractivity contribution is 0.377. The molecule has 3 rings (SSSR count). The molecule has 0 saturated carbocycles. The first-order chi connectivity index (χ1) is 6.83. The van der Waals surface area contributed by atoms with Crippen LogP contribution in [0.1, 0.15) is 23.7 Å². The minimum absolute atomic E-state index is 0.558. The Labute approximate surface area is 83.3 Å². The van der Waals surface area contributed by atoms with Crippen molar-refractivity contribution in [1.82, 2.24) is 10.3 Å². The fraction of sp³-hybridized carbons (Fsp3) is 0.333. The zero-order valence-electron chi connectivity index (χ0n) is 8.30. The van der Waals surface area contributed by atoms with Crippen molar-refractivity contribution in [2.45, 2.75) is 19.4 Å². The van der Waals surface area contributed by atoms with Crippen molar-refractivity contribution in [3.05, 3.63) is 35.5 Å². The van der Waals surface area contributed by atoms with Crippen LogP contribution in [0, 0.1) is 6.92 Å². The molecule has 2 nitrogen and oxygen atoms in total. The van der Waals surface area contributed by atoms with E-state index in [2.05, 4.69) is 41.5 Å². The Balaban J connectivity index is 2.10. The van der Waals surface area contributed by atoms with Gasteiger partial charge in [0.25, 0.3) is 0 Å². The van der Waals surface area contributed by atoms with Gasteiger partial charge in [0.1, 0.15) is 0 Å². The fourth-order valence-electron chi connectivity index (χ4n) is 2.02. The Morgan fingerprint density at radius 1 is 1.29 bits per heavy atom. The average Bonchev–Trinajstić information content (AvgIpc) is 2.43.